The minimum atomic E-state index is -0.480. The summed E-state index contributed by atoms with van der Waals surface area (Å²) in [6, 6.07) is 16.3. The van der Waals surface area contributed by atoms with Crippen molar-refractivity contribution in [2.75, 3.05) is 11.9 Å². The average Bonchev–Trinajstić information content (AvgIpc) is 2.73. The van der Waals surface area contributed by atoms with Crippen molar-refractivity contribution in [1.29, 1.82) is 0 Å². The van der Waals surface area contributed by atoms with Crippen LogP contribution in [0.4, 0.5) is 10.1 Å². The molecule has 0 saturated heterocycles. The van der Waals surface area contributed by atoms with Gasteiger partial charge in [0.15, 0.2) is 12.4 Å². The molecule has 0 saturated carbocycles. The molecule has 0 atom stereocenters. The smallest absolute Gasteiger partial charge is 0.265 e. The molecule has 0 spiro atoms. The van der Waals surface area contributed by atoms with Crippen LogP contribution in [-0.4, -0.2) is 23.3 Å². The fraction of sp³-hybridized carbons (Fsp3) is 0.0952. The van der Waals surface area contributed by atoms with Crippen LogP contribution in [0, 0.1) is 5.82 Å². The number of aromatic nitrogens is 1. The maximum absolute atomic E-state index is 13.1. The number of hydrogen-bond donors (Lipinski definition) is 2. The van der Waals surface area contributed by atoms with Gasteiger partial charge >= 0.3 is 0 Å². The van der Waals surface area contributed by atoms with Crippen LogP contribution in [0.25, 0.3) is 0 Å². The summed E-state index contributed by atoms with van der Waals surface area (Å²) >= 11 is 0. The first-order valence-electron chi connectivity index (χ1n) is 8.73. The summed E-state index contributed by atoms with van der Waals surface area (Å²) in [6.45, 7) is 0.0455. The van der Waals surface area contributed by atoms with E-state index in [4.69, 9.17) is 15.3 Å². The van der Waals surface area contributed by atoms with Crippen molar-refractivity contribution >= 4 is 17.4 Å². The summed E-state index contributed by atoms with van der Waals surface area (Å²) in [7, 11) is 0. The Kier molecular flexibility index (Phi) is 6.72. The van der Waals surface area contributed by atoms with E-state index < -0.39 is 11.7 Å². The number of carbonyl (C=O) groups excluding carboxylic acids is 1. The third-order valence-electron chi connectivity index (χ3n) is 3.75. The van der Waals surface area contributed by atoms with Crippen LogP contribution in [0.3, 0.4) is 0 Å². The topological polar surface area (TPSA) is 98.8 Å². The lowest BCUT2D eigenvalue weighted by atomic mass is 10.2. The van der Waals surface area contributed by atoms with Gasteiger partial charge in [-0.15, -0.1) is 0 Å². The number of carbonyl (C=O) groups is 1. The van der Waals surface area contributed by atoms with Gasteiger partial charge in [0, 0.05) is 29.2 Å². The van der Waals surface area contributed by atoms with Crippen molar-refractivity contribution in [1.82, 2.24) is 4.98 Å². The van der Waals surface area contributed by atoms with E-state index in [1.807, 2.05) is 12.1 Å². The van der Waals surface area contributed by atoms with Crippen LogP contribution in [-0.2, 0) is 16.2 Å². The predicted octanol–water partition coefficient (Wildman–Crippen LogP) is 3.08. The highest BCUT2D eigenvalue weighted by atomic mass is 19.1. The van der Waals surface area contributed by atoms with E-state index in [2.05, 4.69) is 15.5 Å². The lowest BCUT2D eigenvalue weighted by Gasteiger charge is -2.07. The molecule has 29 heavy (non-hydrogen) atoms. The van der Waals surface area contributed by atoms with Crippen LogP contribution in [0.15, 0.2) is 78.2 Å². The first-order valence-corrected chi connectivity index (χ1v) is 8.73. The SMILES string of the molecule is N/C(=N/OCC(=O)Nc1cccc(F)c1)c1ccc(OCc2cccnc2)cc1. The molecule has 0 aliphatic rings. The number of halogens is 1. The number of hydrogen-bond acceptors (Lipinski definition) is 5. The number of nitrogens with one attached hydrogen (secondary N) is 1. The van der Waals surface area contributed by atoms with E-state index in [1.165, 1.54) is 18.2 Å². The molecule has 0 fully saturated rings. The summed E-state index contributed by atoms with van der Waals surface area (Å²) in [5, 5.41) is 6.22. The summed E-state index contributed by atoms with van der Waals surface area (Å²) in [5.74, 6) is -0.145. The van der Waals surface area contributed by atoms with Gasteiger partial charge in [0.25, 0.3) is 5.91 Å². The first kappa shape index (κ1) is 19.8. The van der Waals surface area contributed by atoms with Gasteiger partial charge in [0.1, 0.15) is 18.2 Å². The molecule has 0 bridgehead atoms. The highest BCUT2D eigenvalue weighted by Crippen LogP contribution is 2.14. The van der Waals surface area contributed by atoms with Gasteiger partial charge < -0.3 is 20.6 Å². The number of amidine groups is 1. The number of anilines is 1. The van der Waals surface area contributed by atoms with Gasteiger partial charge in [-0.3, -0.25) is 9.78 Å². The molecule has 1 aromatic heterocycles. The number of benzene rings is 2. The Bertz CT molecular complexity index is 979. The van der Waals surface area contributed by atoms with E-state index in [0.29, 0.717) is 23.6 Å². The Labute approximate surface area is 167 Å². The minimum Gasteiger partial charge on any atom is -0.489 e. The highest BCUT2D eigenvalue weighted by Gasteiger charge is 2.05. The van der Waals surface area contributed by atoms with Crippen LogP contribution < -0.4 is 15.8 Å². The third-order valence-corrected chi connectivity index (χ3v) is 3.75. The molecule has 1 amide bonds. The molecule has 3 aromatic rings. The van der Waals surface area contributed by atoms with Gasteiger partial charge in [-0.25, -0.2) is 4.39 Å². The van der Waals surface area contributed by atoms with Crippen molar-refractivity contribution in [3.05, 3.63) is 90.0 Å². The average molecular weight is 394 g/mol. The van der Waals surface area contributed by atoms with Crippen LogP contribution >= 0.6 is 0 Å². The number of amides is 1. The summed E-state index contributed by atoms with van der Waals surface area (Å²) < 4.78 is 18.8. The lowest BCUT2D eigenvalue weighted by molar-refractivity contribution is -0.120. The van der Waals surface area contributed by atoms with Gasteiger partial charge in [-0.05, 0) is 48.5 Å². The molecule has 0 aliphatic heterocycles. The Morgan fingerprint density at radius 1 is 1.14 bits per heavy atom. The fourth-order valence-electron chi connectivity index (χ4n) is 2.35. The van der Waals surface area contributed by atoms with Crippen molar-refractivity contribution in [2.24, 2.45) is 10.9 Å². The van der Waals surface area contributed by atoms with Gasteiger partial charge in [0.2, 0.25) is 0 Å². The molecule has 0 radical (unpaired) electrons. The number of nitrogens with two attached hydrogens (primary N) is 1. The third kappa shape index (κ3) is 6.31. The van der Waals surface area contributed by atoms with Crippen LogP contribution in [0.5, 0.6) is 5.75 Å². The molecular weight excluding hydrogens is 375 g/mol. The number of oxime groups is 1. The lowest BCUT2D eigenvalue weighted by Crippen LogP contribution is -2.19. The maximum atomic E-state index is 13.1. The summed E-state index contributed by atoms with van der Waals surface area (Å²) in [5.41, 5.74) is 7.77. The van der Waals surface area contributed by atoms with Crippen LogP contribution in [0.1, 0.15) is 11.1 Å². The zero-order valence-electron chi connectivity index (χ0n) is 15.4. The molecule has 7 nitrogen and oxygen atoms in total. The minimum absolute atomic E-state index is 0.113. The molecular formula is C21H19FN4O3. The quantitative estimate of drug-likeness (QED) is 0.348. The van der Waals surface area contributed by atoms with Gasteiger partial charge in [-0.2, -0.15) is 0 Å². The molecule has 8 heteroatoms. The van der Waals surface area contributed by atoms with E-state index in [1.54, 1.807) is 42.7 Å². The van der Waals surface area contributed by atoms with E-state index in [0.717, 1.165) is 5.56 Å². The number of rotatable bonds is 8. The number of ether oxygens (including phenoxy) is 1. The Morgan fingerprint density at radius 2 is 1.97 bits per heavy atom. The zero-order valence-corrected chi connectivity index (χ0v) is 15.4. The number of pyridine rings is 1. The number of nitrogens with zero attached hydrogens (tertiary/aromatic N) is 2. The maximum Gasteiger partial charge on any atom is 0.265 e. The molecule has 2 aromatic carbocycles. The molecule has 1 heterocycles. The molecule has 0 aliphatic carbocycles. The largest absolute Gasteiger partial charge is 0.489 e. The van der Waals surface area contributed by atoms with Crippen molar-refractivity contribution in [3.63, 3.8) is 0 Å². The Morgan fingerprint density at radius 3 is 2.69 bits per heavy atom. The zero-order chi connectivity index (χ0) is 20.5. The monoisotopic (exact) mass is 394 g/mol. The van der Waals surface area contributed by atoms with Gasteiger partial charge in [0.05, 0.1) is 0 Å². The Balaban J connectivity index is 1.47. The molecule has 3 N–H and O–H groups in total. The standard InChI is InChI=1S/C21H19FN4O3/c22-17-4-1-5-18(11-17)25-20(27)14-29-26-21(23)16-6-8-19(9-7-16)28-13-15-3-2-10-24-12-15/h1-12H,13-14H2,(H2,23,26)(H,25,27). The van der Waals surface area contributed by atoms with Crippen molar-refractivity contribution < 1.29 is 18.8 Å². The van der Waals surface area contributed by atoms with E-state index in [9.17, 15) is 9.18 Å². The molecule has 148 valence electrons. The molecule has 0 unspecified atom stereocenters. The van der Waals surface area contributed by atoms with E-state index in [-0.39, 0.29) is 12.4 Å². The normalized spacial score (nSPS) is 11.0. The van der Waals surface area contributed by atoms with E-state index >= 15 is 0 Å². The second-order valence-electron chi connectivity index (χ2n) is 5.98. The first-order chi connectivity index (χ1) is 14.1. The fourth-order valence-corrected chi connectivity index (χ4v) is 2.35. The second kappa shape index (κ2) is 9.84. The van der Waals surface area contributed by atoms with Crippen molar-refractivity contribution in [3.8, 4) is 5.75 Å². The predicted molar refractivity (Wildman–Crippen MR) is 107 cm³/mol. The molecule has 3 rings (SSSR count). The second-order valence-corrected chi connectivity index (χ2v) is 5.98. The van der Waals surface area contributed by atoms with Crippen molar-refractivity contribution in [2.45, 2.75) is 6.61 Å². The van der Waals surface area contributed by atoms with Gasteiger partial charge in [-0.1, -0.05) is 17.3 Å². The summed E-state index contributed by atoms with van der Waals surface area (Å²) in [4.78, 5) is 20.8. The summed E-state index contributed by atoms with van der Waals surface area (Å²) in [6.07, 6.45) is 3.44. The Hall–Kier alpha value is -3.94. The highest BCUT2D eigenvalue weighted by molar-refractivity contribution is 5.97. The van der Waals surface area contributed by atoms with Crippen LogP contribution in [0.2, 0.25) is 0 Å².